The van der Waals surface area contributed by atoms with Gasteiger partial charge in [-0.2, -0.15) is 5.10 Å². The van der Waals surface area contributed by atoms with Crippen molar-refractivity contribution in [2.45, 2.75) is 25.4 Å². The first-order valence-electron chi connectivity index (χ1n) is 12.6. The highest BCUT2D eigenvalue weighted by atomic mass is 79.9. The number of fused-ring (bicyclic) bond motifs is 3. The predicted molar refractivity (Wildman–Crippen MR) is 143 cm³/mol. The van der Waals surface area contributed by atoms with Crippen LogP contribution < -0.4 is 0 Å². The molecule has 0 amide bonds. The van der Waals surface area contributed by atoms with Crippen LogP contribution in [0.2, 0.25) is 0 Å². The van der Waals surface area contributed by atoms with Crippen LogP contribution in [0.3, 0.4) is 0 Å². The number of hydrogen-bond acceptors (Lipinski definition) is 5. The Kier molecular flexibility index (Phi) is 6.39. The van der Waals surface area contributed by atoms with Crippen LogP contribution in [0.1, 0.15) is 30.1 Å². The molecule has 8 heteroatoms. The topological polar surface area (TPSA) is 51.3 Å². The lowest BCUT2D eigenvalue weighted by atomic mass is 9.86. The number of aryl methyl sites for hydroxylation is 1. The zero-order valence-electron chi connectivity index (χ0n) is 20.5. The van der Waals surface area contributed by atoms with Gasteiger partial charge >= 0.3 is 0 Å². The quantitative estimate of drug-likeness (QED) is 0.377. The van der Waals surface area contributed by atoms with Crippen molar-refractivity contribution in [3.05, 3.63) is 58.3 Å². The molecule has 0 spiro atoms. The third-order valence-corrected chi connectivity index (χ3v) is 8.19. The summed E-state index contributed by atoms with van der Waals surface area (Å²) >= 11 is 3.70. The summed E-state index contributed by atoms with van der Waals surface area (Å²) in [6, 6.07) is 13.4. The monoisotopic (exact) mass is 536 g/mol. The summed E-state index contributed by atoms with van der Waals surface area (Å²) in [6.07, 6.45) is 4.01. The predicted octanol–water partition coefficient (Wildman–Crippen LogP) is 4.45. The molecule has 2 fully saturated rings. The fourth-order valence-corrected chi connectivity index (χ4v) is 6.25. The number of hydrogen-bond donors (Lipinski definition) is 0. The van der Waals surface area contributed by atoms with Crippen LogP contribution in [-0.2, 0) is 18.3 Å². The minimum absolute atomic E-state index is 0.201. The maximum absolute atomic E-state index is 5.78. The number of aromatic nitrogens is 4. The highest BCUT2D eigenvalue weighted by Gasteiger charge is 2.32. The average molecular weight is 538 g/mol. The number of likely N-dealkylation sites (N-methyl/N-ethyl adjacent to an activating group) is 1. The van der Waals surface area contributed by atoms with Crippen molar-refractivity contribution in [2.75, 3.05) is 46.4 Å². The van der Waals surface area contributed by atoms with Gasteiger partial charge in [-0.05, 0) is 53.4 Å². The van der Waals surface area contributed by atoms with Crippen molar-refractivity contribution >= 4 is 38.0 Å². The van der Waals surface area contributed by atoms with E-state index in [1.165, 1.54) is 16.6 Å². The third-order valence-electron chi connectivity index (χ3n) is 7.75. The SMILES string of the molecule is CN1CCN(Cc2nn(C)c3c4ncc(Br)cc4n(C(c4ccccc4)C4CCOCC4)c23)CC1. The number of halogens is 1. The molecular formula is C27H33BrN6O. The second kappa shape index (κ2) is 9.65. The molecule has 4 aromatic rings. The first kappa shape index (κ1) is 23.2. The van der Waals surface area contributed by atoms with Gasteiger partial charge in [-0.25, -0.2) is 0 Å². The van der Waals surface area contributed by atoms with Crippen LogP contribution in [0.25, 0.3) is 22.1 Å². The lowest BCUT2D eigenvalue weighted by Crippen LogP contribution is -2.44. The molecule has 2 aliphatic rings. The second-order valence-electron chi connectivity index (χ2n) is 10.0. The lowest BCUT2D eigenvalue weighted by molar-refractivity contribution is 0.0552. The standard InChI is InChI=1S/C27H33BrN6O/c1-31-10-12-33(13-11-31)18-22-26-27(32(2)30-22)24-23(16-21(28)17-29-24)34(26)25(19-6-4-3-5-7-19)20-8-14-35-15-9-20/h3-7,16-17,20,25H,8-15,18H2,1-2H3. The molecule has 6 rings (SSSR count). The first-order valence-corrected chi connectivity index (χ1v) is 13.4. The summed E-state index contributed by atoms with van der Waals surface area (Å²) in [5.41, 5.74) is 7.04. The van der Waals surface area contributed by atoms with Crippen molar-refractivity contribution < 1.29 is 4.74 Å². The average Bonchev–Trinajstić information content (AvgIpc) is 3.37. The molecule has 35 heavy (non-hydrogen) atoms. The molecule has 7 nitrogen and oxygen atoms in total. The third kappa shape index (κ3) is 4.31. The number of ether oxygens (including phenoxy) is 1. The molecule has 1 atom stereocenters. The van der Waals surface area contributed by atoms with Crippen LogP contribution in [0, 0.1) is 5.92 Å². The van der Waals surface area contributed by atoms with Crippen molar-refractivity contribution in [3.8, 4) is 0 Å². The van der Waals surface area contributed by atoms with Gasteiger partial charge in [0.15, 0.2) is 0 Å². The van der Waals surface area contributed by atoms with E-state index < -0.39 is 0 Å². The van der Waals surface area contributed by atoms with Gasteiger partial charge in [-0.1, -0.05) is 30.3 Å². The fourth-order valence-electron chi connectivity index (χ4n) is 5.93. The molecule has 0 aliphatic carbocycles. The number of benzene rings is 1. The highest BCUT2D eigenvalue weighted by Crippen LogP contribution is 2.41. The van der Waals surface area contributed by atoms with E-state index in [9.17, 15) is 0 Å². The van der Waals surface area contributed by atoms with E-state index in [0.717, 1.165) is 80.0 Å². The van der Waals surface area contributed by atoms with Gasteiger partial charge in [0, 0.05) is 63.7 Å². The molecule has 0 saturated carbocycles. The summed E-state index contributed by atoms with van der Waals surface area (Å²) in [5.74, 6) is 0.487. The number of pyridine rings is 1. The van der Waals surface area contributed by atoms with Crippen molar-refractivity contribution in [3.63, 3.8) is 0 Å². The van der Waals surface area contributed by atoms with Gasteiger partial charge in [0.2, 0.25) is 0 Å². The van der Waals surface area contributed by atoms with E-state index >= 15 is 0 Å². The zero-order valence-corrected chi connectivity index (χ0v) is 22.1. The molecule has 0 N–H and O–H groups in total. The second-order valence-corrected chi connectivity index (χ2v) is 11.0. The van der Waals surface area contributed by atoms with Gasteiger partial charge in [0.05, 0.1) is 17.1 Å². The van der Waals surface area contributed by atoms with E-state index in [0.29, 0.717) is 5.92 Å². The van der Waals surface area contributed by atoms with Gasteiger partial charge < -0.3 is 14.2 Å². The van der Waals surface area contributed by atoms with E-state index in [1.807, 2.05) is 10.9 Å². The fraction of sp³-hybridized carbons (Fsp3) is 0.481. The zero-order chi connectivity index (χ0) is 23.9. The Morgan fingerprint density at radius 3 is 2.51 bits per heavy atom. The van der Waals surface area contributed by atoms with Crippen molar-refractivity contribution in [2.24, 2.45) is 13.0 Å². The van der Waals surface area contributed by atoms with Gasteiger partial charge in [-0.15, -0.1) is 0 Å². The normalized spacial score (nSPS) is 19.6. The van der Waals surface area contributed by atoms with Gasteiger partial charge in [-0.3, -0.25) is 14.6 Å². The minimum Gasteiger partial charge on any atom is -0.381 e. The number of rotatable bonds is 5. The Morgan fingerprint density at radius 1 is 1.03 bits per heavy atom. The molecule has 3 aromatic heterocycles. The molecule has 2 aliphatic heterocycles. The van der Waals surface area contributed by atoms with Gasteiger partial charge in [0.25, 0.3) is 0 Å². The molecule has 1 unspecified atom stereocenters. The number of nitrogens with zero attached hydrogens (tertiary/aromatic N) is 6. The maximum atomic E-state index is 5.78. The van der Waals surface area contributed by atoms with Crippen LogP contribution in [0.4, 0.5) is 0 Å². The van der Waals surface area contributed by atoms with Crippen LogP contribution in [0.5, 0.6) is 0 Å². The molecular weight excluding hydrogens is 504 g/mol. The lowest BCUT2D eigenvalue weighted by Gasteiger charge is -2.34. The van der Waals surface area contributed by atoms with Crippen LogP contribution in [-0.4, -0.2) is 75.6 Å². The highest BCUT2D eigenvalue weighted by molar-refractivity contribution is 9.10. The molecule has 0 radical (unpaired) electrons. The Hall–Kier alpha value is -2.26. The molecule has 0 bridgehead atoms. The van der Waals surface area contributed by atoms with E-state index in [1.54, 1.807) is 0 Å². The molecule has 2 saturated heterocycles. The largest absolute Gasteiger partial charge is 0.381 e. The van der Waals surface area contributed by atoms with Gasteiger partial charge in [0.1, 0.15) is 16.7 Å². The van der Waals surface area contributed by atoms with E-state index in [4.69, 9.17) is 14.8 Å². The summed E-state index contributed by atoms with van der Waals surface area (Å²) < 4.78 is 11.4. The smallest absolute Gasteiger partial charge is 0.114 e. The van der Waals surface area contributed by atoms with Crippen molar-refractivity contribution in [1.82, 2.24) is 29.1 Å². The Morgan fingerprint density at radius 2 is 1.77 bits per heavy atom. The summed E-state index contributed by atoms with van der Waals surface area (Å²) in [6.45, 7) is 6.84. The summed E-state index contributed by atoms with van der Waals surface area (Å²) in [7, 11) is 4.27. The summed E-state index contributed by atoms with van der Waals surface area (Å²) in [4.78, 5) is 9.85. The van der Waals surface area contributed by atoms with Crippen molar-refractivity contribution in [1.29, 1.82) is 0 Å². The number of piperazine rings is 1. The molecule has 1 aromatic carbocycles. The maximum Gasteiger partial charge on any atom is 0.114 e. The first-order chi connectivity index (χ1) is 17.1. The van der Waals surface area contributed by atoms with Crippen LogP contribution >= 0.6 is 15.9 Å². The van der Waals surface area contributed by atoms with E-state index in [2.05, 4.69) is 80.8 Å². The minimum atomic E-state index is 0.201. The van der Waals surface area contributed by atoms with Crippen LogP contribution in [0.15, 0.2) is 47.1 Å². The van der Waals surface area contributed by atoms with E-state index in [-0.39, 0.29) is 6.04 Å². The molecule has 184 valence electrons. The Bertz CT molecular complexity index is 1320. The molecule has 5 heterocycles. The Labute approximate surface area is 214 Å². The Balaban J connectivity index is 1.57. The summed E-state index contributed by atoms with van der Waals surface area (Å²) in [5, 5.41) is 5.08.